The summed E-state index contributed by atoms with van der Waals surface area (Å²) in [6.07, 6.45) is 7.93. The molecule has 1 aromatic rings. The van der Waals surface area contributed by atoms with Crippen molar-refractivity contribution in [2.45, 2.75) is 57.7 Å². The monoisotopic (exact) mass is 250 g/mol. The number of imidazole rings is 1. The molecule has 1 saturated carbocycles. The molecule has 3 N–H and O–H groups in total. The fraction of sp³-hybridized carbons (Fsp3) is 0.692. The Balaban J connectivity index is 2.11. The van der Waals surface area contributed by atoms with Crippen molar-refractivity contribution >= 4 is 5.91 Å². The smallest absolute Gasteiger partial charge is 0.239 e. The molecule has 18 heavy (non-hydrogen) atoms. The first kappa shape index (κ1) is 13.1. The number of hydrogen-bond acceptors (Lipinski definition) is 3. The second-order valence-corrected chi connectivity index (χ2v) is 5.34. The van der Waals surface area contributed by atoms with Crippen molar-refractivity contribution in [3.05, 3.63) is 18.2 Å². The van der Waals surface area contributed by atoms with Crippen LogP contribution in [0.25, 0.3) is 0 Å². The third-order valence-corrected chi connectivity index (χ3v) is 3.41. The number of aromatic nitrogens is 2. The molecule has 1 aliphatic rings. The molecule has 0 aliphatic heterocycles. The van der Waals surface area contributed by atoms with Crippen molar-refractivity contribution in [3.63, 3.8) is 0 Å². The van der Waals surface area contributed by atoms with Crippen LogP contribution in [-0.2, 0) is 17.8 Å². The predicted molar refractivity (Wildman–Crippen MR) is 70.0 cm³/mol. The molecule has 1 aliphatic carbocycles. The van der Waals surface area contributed by atoms with E-state index in [1.165, 1.54) is 0 Å². The molecule has 1 atom stereocenters. The van der Waals surface area contributed by atoms with Gasteiger partial charge >= 0.3 is 0 Å². The van der Waals surface area contributed by atoms with Crippen molar-refractivity contribution in [1.29, 1.82) is 0 Å². The number of carbonyl (C=O) groups is 1. The highest BCUT2D eigenvalue weighted by molar-refractivity contribution is 5.84. The number of rotatable bonds is 7. The second kappa shape index (κ2) is 5.10. The molecule has 100 valence electrons. The van der Waals surface area contributed by atoms with E-state index >= 15 is 0 Å². The van der Waals surface area contributed by atoms with Crippen molar-refractivity contribution in [2.24, 2.45) is 5.73 Å². The number of nitrogens with zero attached hydrogens (tertiary/aromatic N) is 2. The van der Waals surface area contributed by atoms with Crippen LogP contribution in [-0.4, -0.2) is 27.0 Å². The zero-order valence-electron chi connectivity index (χ0n) is 11.1. The molecular formula is C13H22N4O. The number of amides is 1. The van der Waals surface area contributed by atoms with Gasteiger partial charge in [0.25, 0.3) is 0 Å². The molecule has 1 amide bonds. The molecule has 1 unspecified atom stereocenters. The molecule has 0 radical (unpaired) electrons. The number of aryl methyl sites for hydroxylation is 1. The minimum absolute atomic E-state index is 0.300. The Labute approximate surface area is 108 Å². The summed E-state index contributed by atoms with van der Waals surface area (Å²) >= 11 is 0. The van der Waals surface area contributed by atoms with Gasteiger partial charge in [0.2, 0.25) is 5.91 Å². The average Bonchev–Trinajstić information content (AvgIpc) is 3.01. The first-order valence-corrected chi connectivity index (χ1v) is 6.63. The Morgan fingerprint density at radius 1 is 1.67 bits per heavy atom. The minimum Gasteiger partial charge on any atom is -0.368 e. The number of nitrogens with one attached hydrogen (secondary N) is 1. The maximum atomic E-state index is 11.7. The van der Waals surface area contributed by atoms with Crippen LogP contribution >= 0.6 is 0 Å². The molecule has 1 aromatic heterocycles. The van der Waals surface area contributed by atoms with E-state index in [9.17, 15) is 4.79 Å². The summed E-state index contributed by atoms with van der Waals surface area (Å²) in [5.41, 5.74) is 4.86. The van der Waals surface area contributed by atoms with Crippen LogP contribution in [0.3, 0.4) is 0 Å². The minimum atomic E-state index is -0.690. The highest BCUT2D eigenvalue weighted by atomic mass is 16.1. The number of primary amides is 1. The fourth-order valence-corrected chi connectivity index (χ4v) is 2.15. The highest BCUT2D eigenvalue weighted by Crippen LogP contribution is 2.23. The zero-order valence-corrected chi connectivity index (χ0v) is 11.1. The van der Waals surface area contributed by atoms with E-state index < -0.39 is 5.54 Å². The molecule has 1 fully saturated rings. The molecule has 0 aromatic carbocycles. The summed E-state index contributed by atoms with van der Waals surface area (Å²) in [7, 11) is 0. The van der Waals surface area contributed by atoms with Crippen LogP contribution in [0.15, 0.2) is 12.4 Å². The van der Waals surface area contributed by atoms with Gasteiger partial charge in [0.05, 0.1) is 6.54 Å². The van der Waals surface area contributed by atoms with E-state index in [4.69, 9.17) is 5.73 Å². The van der Waals surface area contributed by atoms with Crippen molar-refractivity contribution in [2.75, 3.05) is 0 Å². The van der Waals surface area contributed by atoms with Crippen LogP contribution in [0.4, 0.5) is 0 Å². The Hall–Kier alpha value is -1.36. The Morgan fingerprint density at radius 2 is 2.39 bits per heavy atom. The fourth-order valence-electron chi connectivity index (χ4n) is 2.15. The Morgan fingerprint density at radius 3 is 2.94 bits per heavy atom. The molecule has 2 rings (SSSR count). The summed E-state index contributed by atoms with van der Waals surface area (Å²) in [5.74, 6) is 0.716. The van der Waals surface area contributed by atoms with E-state index in [1.54, 1.807) is 6.20 Å². The maximum Gasteiger partial charge on any atom is 0.239 e. The average molecular weight is 250 g/mol. The second-order valence-electron chi connectivity index (χ2n) is 5.34. The summed E-state index contributed by atoms with van der Waals surface area (Å²) in [5, 5.41) is 3.35. The third-order valence-electron chi connectivity index (χ3n) is 3.41. The van der Waals surface area contributed by atoms with Crippen LogP contribution in [0.2, 0.25) is 0 Å². The molecule has 5 nitrogen and oxygen atoms in total. The number of nitrogens with two attached hydrogens (primary N) is 1. The third kappa shape index (κ3) is 2.90. The van der Waals surface area contributed by atoms with E-state index in [-0.39, 0.29) is 5.91 Å². The van der Waals surface area contributed by atoms with Crippen LogP contribution in [0.1, 0.15) is 38.9 Å². The predicted octanol–water partition coefficient (Wildman–Crippen LogP) is 0.832. The molecule has 0 spiro atoms. The van der Waals surface area contributed by atoms with Gasteiger partial charge < -0.3 is 10.3 Å². The number of carbonyl (C=O) groups excluding carboxylic acids is 1. The van der Waals surface area contributed by atoms with Gasteiger partial charge in [-0.2, -0.15) is 0 Å². The topological polar surface area (TPSA) is 72.9 Å². The lowest BCUT2D eigenvalue weighted by Crippen LogP contribution is -2.56. The van der Waals surface area contributed by atoms with Crippen molar-refractivity contribution in [3.8, 4) is 0 Å². The van der Waals surface area contributed by atoms with Crippen LogP contribution in [0.5, 0.6) is 0 Å². The summed E-state index contributed by atoms with van der Waals surface area (Å²) < 4.78 is 2.03. The number of hydrogen-bond donors (Lipinski definition) is 2. The largest absolute Gasteiger partial charge is 0.368 e. The summed E-state index contributed by atoms with van der Waals surface area (Å²) in [6, 6.07) is 0.445. The van der Waals surface area contributed by atoms with Crippen molar-refractivity contribution in [1.82, 2.24) is 14.9 Å². The van der Waals surface area contributed by atoms with Crippen LogP contribution in [0, 0.1) is 0 Å². The maximum absolute atomic E-state index is 11.7. The van der Waals surface area contributed by atoms with Gasteiger partial charge in [0, 0.05) is 24.9 Å². The van der Waals surface area contributed by atoms with E-state index in [1.807, 2.05) is 17.7 Å². The lowest BCUT2D eigenvalue weighted by atomic mass is 10.0. The van der Waals surface area contributed by atoms with Gasteiger partial charge in [-0.05, 0) is 26.2 Å². The lowest BCUT2D eigenvalue weighted by Gasteiger charge is -2.28. The van der Waals surface area contributed by atoms with Gasteiger partial charge in [-0.1, -0.05) is 6.92 Å². The first-order valence-electron chi connectivity index (χ1n) is 6.63. The summed E-state index contributed by atoms with van der Waals surface area (Å²) in [4.78, 5) is 16.0. The lowest BCUT2D eigenvalue weighted by molar-refractivity contribution is -0.124. The quantitative estimate of drug-likeness (QED) is 0.753. The summed E-state index contributed by atoms with van der Waals surface area (Å²) in [6.45, 7) is 4.55. The Kier molecular flexibility index (Phi) is 3.71. The van der Waals surface area contributed by atoms with Gasteiger partial charge in [-0.3, -0.25) is 10.1 Å². The molecule has 0 bridgehead atoms. The molecule has 1 heterocycles. The van der Waals surface area contributed by atoms with E-state index in [2.05, 4.69) is 17.2 Å². The normalized spacial score (nSPS) is 18.6. The SMILES string of the molecule is CCCc1nccn1CC(C)(NC1CC1)C(N)=O. The standard InChI is InChI=1S/C13H22N4O/c1-3-4-11-15-7-8-17(11)9-13(2,12(14)18)16-10-5-6-10/h7-8,10,16H,3-6,9H2,1-2H3,(H2,14,18). The van der Waals surface area contributed by atoms with Gasteiger partial charge in [0.15, 0.2) is 0 Å². The highest BCUT2D eigenvalue weighted by Gasteiger charge is 2.37. The molecule has 0 saturated heterocycles. The van der Waals surface area contributed by atoms with Gasteiger partial charge in [-0.15, -0.1) is 0 Å². The first-order chi connectivity index (χ1) is 8.55. The van der Waals surface area contributed by atoms with Crippen LogP contribution < -0.4 is 11.1 Å². The molecule has 5 heteroatoms. The Bertz CT molecular complexity index is 424. The van der Waals surface area contributed by atoms with E-state index in [0.717, 1.165) is 31.5 Å². The van der Waals surface area contributed by atoms with Gasteiger partial charge in [-0.25, -0.2) is 4.98 Å². The van der Waals surface area contributed by atoms with Crippen molar-refractivity contribution < 1.29 is 4.79 Å². The zero-order chi connectivity index (χ0) is 13.2. The van der Waals surface area contributed by atoms with Gasteiger partial charge in [0.1, 0.15) is 11.4 Å². The molecular weight excluding hydrogens is 228 g/mol. The van der Waals surface area contributed by atoms with E-state index in [0.29, 0.717) is 12.6 Å².